The molecule has 2 heterocycles. The Morgan fingerprint density at radius 3 is 2.90 bits per heavy atom. The lowest BCUT2D eigenvalue weighted by Crippen LogP contribution is -2.13. The first-order chi connectivity index (χ1) is 9.67. The van der Waals surface area contributed by atoms with Gasteiger partial charge in [-0.1, -0.05) is 18.2 Å². The van der Waals surface area contributed by atoms with E-state index in [1.54, 1.807) is 0 Å². The van der Waals surface area contributed by atoms with Crippen LogP contribution in [0.2, 0.25) is 0 Å². The van der Waals surface area contributed by atoms with Gasteiger partial charge < -0.3 is 10.3 Å². The summed E-state index contributed by atoms with van der Waals surface area (Å²) < 4.78 is 0. The molecule has 6 heteroatoms. The van der Waals surface area contributed by atoms with Crippen molar-refractivity contribution < 1.29 is 0 Å². The lowest BCUT2D eigenvalue weighted by Gasteiger charge is -2.05. The zero-order valence-corrected chi connectivity index (χ0v) is 10.7. The van der Waals surface area contributed by atoms with Crippen LogP contribution < -0.4 is 11.0 Å². The van der Waals surface area contributed by atoms with E-state index in [9.17, 15) is 4.79 Å². The predicted molar refractivity (Wildman–Crippen MR) is 75.9 cm³/mol. The highest BCUT2D eigenvalue weighted by molar-refractivity contribution is 5.95. The summed E-state index contributed by atoms with van der Waals surface area (Å²) >= 11 is 0. The van der Waals surface area contributed by atoms with E-state index in [4.69, 9.17) is 5.26 Å². The molecule has 98 valence electrons. The molecule has 2 aromatic heterocycles. The number of nitrogens with zero attached hydrogens (tertiary/aromatic N) is 2. The summed E-state index contributed by atoms with van der Waals surface area (Å²) in [5.74, 6) is 0.346. The first kappa shape index (κ1) is 12.0. The topological polar surface area (TPSA) is 97.4 Å². The van der Waals surface area contributed by atoms with Crippen LogP contribution in [-0.2, 0) is 0 Å². The van der Waals surface area contributed by atoms with Gasteiger partial charge in [0.05, 0.1) is 5.69 Å². The van der Waals surface area contributed by atoms with Gasteiger partial charge in [-0.15, -0.1) is 0 Å². The Bertz CT molecular complexity index is 884. The van der Waals surface area contributed by atoms with Gasteiger partial charge in [0.1, 0.15) is 17.6 Å². The highest BCUT2D eigenvalue weighted by Gasteiger charge is 2.09. The van der Waals surface area contributed by atoms with Crippen molar-refractivity contribution in [2.24, 2.45) is 0 Å². The van der Waals surface area contributed by atoms with Crippen molar-refractivity contribution in [1.82, 2.24) is 15.0 Å². The highest BCUT2D eigenvalue weighted by atomic mass is 16.1. The Kier molecular flexibility index (Phi) is 2.73. The number of aromatic amines is 2. The van der Waals surface area contributed by atoms with Crippen molar-refractivity contribution in [3.05, 3.63) is 52.2 Å². The van der Waals surface area contributed by atoms with Gasteiger partial charge in [0.15, 0.2) is 0 Å². The summed E-state index contributed by atoms with van der Waals surface area (Å²) in [6.45, 7) is 1.93. The molecule has 0 fully saturated rings. The van der Waals surface area contributed by atoms with E-state index in [1.807, 2.05) is 37.3 Å². The molecule has 20 heavy (non-hydrogen) atoms. The molecule has 0 aliphatic rings. The lowest BCUT2D eigenvalue weighted by molar-refractivity contribution is 1.06. The molecule has 0 spiro atoms. The second-order valence-electron chi connectivity index (χ2n) is 4.39. The number of aryl methyl sites for hydroxylation is 1. The third kappa shape index (κ3) is 2.01. The molecule has 3 rings (SSSR count). The van der Waals surface area contributed by atoms with Crippen LogP contribution >= 0.6 is 0 Å². The summed E-state index contributed by atoms with van der Waals surface area (Å²) in [5, 5.41) is 13.0. The predicted octanol–water partition coefficient (Wildman–Crippen LogP) is 2.17. The number of para-hydroxylation sites is 1. The van der Waals surface area contributed by atoms with Crippen molar-refractivity contribution >= 4 is 22.4 Å². The van der Waals surface area contributed by atoms with Crippen LogP contribution in [0.4, 0.5) is 11.5 Å². The van der Waals surface area contributed by atoms with E-state index in [0.717, 1.165) is 22.3 Å². The first-order valence-corrected chi connectivity index (χ1v) is 6.03. The smallest absolute Gasteiger partial charge is 0.347 e. The number of nitriles is 1. The van der Waals surface area contributed by atoms with Gasteiger partial charge in [0.2, 0.25) is 0 Å². The Morgan fingerprint density at radius 2 is 2.10 bits per heavy atom. The van der Waals surface area contributed by atoms with E-state index in [-0.39, 0.29) is 5.69 Å². The maximum Gasteiger partial charge on any atom is 0.347 e. The quantitative estimate of drug-likeness (QED) is 0.661. The number of rotatable bonds is 2. The van der Waals surface area contributed by atoms with Crippen LogP contribution in [0.1, 0.15) is 11.4 Å². The number of benzene rings is 1. The zero-order chi connectivity index (χ0) is 14.1. The van der Waals surface area contributed by atoms with Gasteiger partial charge in [-0.05, 0) is 13.0 Å². The van der Waals surface area contributed by atoms with E-state index < -0.39 is 5.69 Å². The summed E-state index contributed by atoms with van der Waals surface area (Å²) in [5.41, 5.74) is 2.40. The summed E-state index contributed by atoms with van der Waals surface area (Å²) in [4.78, 5) is 20.8. The number of anilines is 2. The normalized spacial score (nSPS) is 10.4. The molecule has 0 saturated heterocycles. The molecule has 0 saturated carbocycles. The minimum absolute atomic E-state index is 0.171. The molecule has 1 aromatic carbocycles. The average molecular weight is 265 g/mol. The van der Waals surface area contributed by atoms with E-state index in [2.05, 4.69) is 20.3 Å². The fraction of sp³-hybridized carbons (Fsp3) is 0.0714. The van der Waals surface area contributed by atoms with Crippen LogP contribution in [0, 0.1) is 18.3 Å². The molecule has 0 atom stereocenters. The van der Waals surface area contributed by atoms with Crippen molar-refractivity contribution in [3.8, 4) is 6.07 Å². The third-order valence-corrected chi connectivity index (χ3v) is 3.01. The van der Waals surface area contributed by atoms with Gasteiger partial charge >= 0.3 is 5.69 Å². The van der Waals surface area contributed by atoms with E-state index >= 15 is 0 Å². The molecule has 0 aliphatic carbocycles. The monoisotopic (exact) mass is 265 g/mol. The van der Waals surface area contributed by atoms with Gasteiger partial charge in [0.25, 0.3) is 0 Å². The van der Waals surface area contributed by atoms with Crippen LogP contribution in [0.15, 0.2) is 35.1 Å². The number of hydrogen-bond acceptors (Lipinski definition) is 4. The number of fused-ring (bicyclic) bond motifs is 1. The number of aromatic nitrogens is 3. The van der Waals surface area contributed by atoms with Crippen LogP contribution in [-0.4, -0.2) is 15.0 Å². The molecule has 0 radical (unpaired) electrons. The van der Waals surface area contributed by atoms with Gasteiger partial charge in [0, 0.05) is 22.7 Å². The van der Waals surface area contributed by atoms with Crippen molar-refractivity contribution in [2.45, 2.75) is 6.92 Å². The summed E-state index contributed by atoms with van der Waals surface area (Å²) in [6, 6.07) is 11.2. The molecule has 3 aromatic rings. The standard InChI is InChI=1S/C14H11N5O/c1-8-13(10-4-2-3-5-11(10)16-8)18-12-6-9(7-15)17-14(20)19-12/h2-6,16H,1H3,(H2,17,18,19,20). The number of H-pyrrole nitrogens is 2. The van der Waals surface area contributed by atoms with Crippen molar-refractivity contribution in [2.75, 3.05) is 5.32 Å². The number of nitrogens with one attached hydrogen (secondary N) is 3. The SMILES string of the molecule is Cc1[nH]c2ccccc2c1Nc1cc(C#N)[nH]c(=O)n1. The fourth-order valence-electron chi connectivity index (χ4n) is 2.15. The Hall–Kier alpha value is -3.07. The van der Waals surface area contributed by atoms with Gasteiger partial charge in [-0.3, -0.25) is 4.98 Å². The zero-order valence-electron chi connectivity index (χ0n) is 10.7. The maximum absolute atomic E-state index is 11.4. The Balaban J connectivity index is 2.10. The molecule has 0 bridgehead atoms. The summed E-state index contributed by atoms with van der Waals surface area (Å²) in [7, 11) is 0. The fourth-order valence-corrected chi connectivity index (χ4v) is 2.15. The van der Waals surface area contributed by atoms with Gasteiger partial charge in [-0.25, -0.2) is 4.79 Å². The maximum atomic E-state index is 11.4. The second-order valence-corrected chi connectivity index (χ2v) is 4.39. The molecular formula is C14H11N5O. The molecular weight excluding hydrogens is 254 g/mol. The largest absolute Gasteiger partial charge is 0.357 e. The third-order valence-electron chi connectivity index (χ3n) is 3.01. The summed E-state index contributed by atoms with van der Waals surface area (Å²) in [6.07, 6.45) is 0. The van der Waals surface area contributed by atoms with Gasteiger partial charge in [-0.2, -0.15) is 10.2 Å². The Morgan fingerprint density at radius 1 is 1.30 bits per heavy atom. The van der Waals surface area contributed by atoms with Crippen LogP contribution in [0.25, 0.3) is 10.9 Å². The first-order valence-electron chi connectivity index (χ1n) is 6.03. The minimum atomic E-state index is -0.552. The average Bonchev–Trinajstić information content (AvgIpc) is 2.75. The molecule has 3 N–H and O–H groups in total. The molecule has 0 aliphatic heterocycles. The lowest BCUT2D eigenvalue weighted by atomic mass is 10.2. The minimum Gasteiger partial charge on any atom is -0.357 e. The molecule has 0 amide bonds. The van der Waals surface area contributed by atoms with E-state index in [0.29, 0.717) is 5.82 Å². The van der Waals surface area contributed by atoms with Crippen molar-refractivity contribution in [1.29, 1.82) is 5.26 Å². The second kappa shape index (κ2) is 4.55. The Labute approximate surface area is 114 Å². The number of hydrogen-bond donors (Lipinski definition) is 3. The van der Waals surface area contributed by atoms with Crippen LogP contribution in [0.3, 0.4) is 0 Å². The molecule has 0 unspecified atom stereocenters. The van der Waals surface area contributed by atoms with E-state index in [1.165, 1.54) is 6.07 Å². The van der Waals surface area contributed by atoms with Crippen LogP contribution in [0.5, 0.6) is 0 Å². The molecule has 6 nitrogen and oxygen atoms in total. The van der Waals surface area contributed by atoms with Crippen molar-refractivity contribution in [3.63, 3.8) is 0 Å². The highest BCUT2D eigenvalue weighted by Crippen LogP contribution is 2.28.